The van der Waals surface area contributed by atoms with E-state index < -0.39 is 17.9 Å². The molecule has 2 N–H and O–H groups in total. The number of imidazole rings is 1. The Balaban J connectivity index is 1.49. The second-order valence-electron chi connectivity index (χ2n) is 6.80. The molecule has 0 fully saturated rings. The molecule has 0 radical (unpaired) electrons. The molecule has 7 nitrogen and oxygen atoms in total. The van der Waals surface area contributed by atoms with Gasteiger partial charge in [0.1, 0.15) is 18.3 Å². The number of H-pyrrole nitrogens is 1. The minimum absolute atomic E-state index is 0.137. The van der Waals surface area contributed by atoms with Crippen LogP contribution in [0.1, 0.15) is 21.6 Å². The summed E-state index contributed by atoms with van der Waals surface area (Å²) in [5.41, 5.74) is 3.33. The summed E-state index contributed by atoms with van der Waals surface area (Å²) < 4.78 is 5.47. The number of hydrogen-bond acceptors (Lipinski definition) is 5. The van der Waals surface area contributed by atoms with Crippen LogP contribution < -0.4 is 5.32 Å². The molecular formula is C23H20N4O3. The number of carbonyl (C=O) groups is 2. The zero-order valence-electron chi connectivity index (χ0n) is 16.1. The lowest BCUT2D eigenvalue weighted by molar-refractivity contribution is -0.147. The smallest absolute Gasteiger partial charge is 0.329 e. The van der Waals surface area contributed by atoms with Crippen LogP contribution >= 0.6 is 0 Å². The molecule has 2 aromatic carbocycles. The SMILES string of the molecule is O=C(N[C@@H](Cc1ccccc1)C(=O)OCc1ccccc1)c1cc2nc[nH]c2cn1. The molecule has 0 saturated heterocycles. The molecule has 1 atom stereocenters. The summed E-state index contributed by atoms with van der Waals surface area (Å²) in [5.74, 6) is -0.964. The van der Waals surface area contributed by atoms with Crippen LogP contribution in [0.2, 0.25) is 0 Å². The number of nitrogens with zero attached hydrogens (tertiary/aromatic N) is 2. The van der Waals surface area contributed by atoms with Crippen LogP contribution in [0.15, 0.2) is 79.3 Å². The van der Waals surface area contributed by atoms with Crippen molar-refractivity contribution in [3.05, 3.63) is 96.1 Å². The van der Waals surface area contributed by atoms with Gasteiger partial charge < -0.3 is 15.0 Å². The highest BCUT2D eigenvalue weighted by molar-refractivity contribution is 5.97. The molecule has 150 valence electrons. The van der Waals surface area contributed by atoms with Gasteiger partial charge in [0.25, 0.3) is 5.91 Å². The maximum Gasteiger partial charge on any atom is 0.329 e. The highest BCUT2D eigenvalue weighted by Gasteiger charge is 2.24. The molecule has 2 aromatic heterocycles. The number of benzene rings is 2. The summed E-state index contributed by atoms with van der Waals surface area (Å²) in [6.45, 7) is 0.137. The maximum absolute atomic E-state index is 12.8. The Morgan fingerprint density at radius 3 is 2.40 bits per heavy atom. The summed E-state index contributed by atoms with van der Waals surface area (Å²) >= 11 is 0. The number of aromatic nitrogens is 3. The van der Waals surface area contributed by atoms with Gasteiger partial charge in [-0.2, -0.15) is 0 Å². The number of amides is 1. The molecule has 0 bridgehead atoms. The number of fused-ring (bicyclic) bond motifs is 1. The molecular weight excluding hydrogens is 380 g/mol. The zero-order valence-corrected chi connectivity index (χ0v) is 16.1. The monoisotopic (exact) mass is 400 g/mol. The van der Waals surface area contributed by atoms with E-state index in [-0.39, 0.29) is 12.3 Å². The van der Waals surface area contributed by atoms with Crippen LogP contribution in [0.4, 0.5) is 0 Å². The Morgan fingerprint density at radius 1 is 0.967 bits per heavy atom. The van der Waals surface area contributed by atoms with E-state index in [1.165, 1.54) is 12.5 Å². The number of esters is 1. The predicted octanol–water partition coefficient (Wildman–Crippen LogP) is 3.04. The highest BCUT2D eigenvalue weighted by atomic mass is 16.5. The van der Waals surface area contributed by atoms with Crippen LogP contribution in [0.5, 0.6) is 0 Å². The van der Waals surface area contributed by atoms with Gasteiger partial charge in [-0.15, -0.1) is 0 Å². The Labute approximate surface area is 173 Å². The summed E-state index contributed by atoms with van der Waals surface area (Å²) in [5, 5.41) is 2.76. The average molecular weight is 400 g/mol. The third-order valence-electron chi connectivity index (χ3n) is 4.63. The maximum atomic E-state index is 12.8. The fraction of sp³-hybridized carbons (Fsp3) is 0.130. The van der Waals surface area contributed by atoms with Crippen molar-refractivity contribution < 1.29 is 14.3 Å². The lowest BCUT2D eigenvalue weighted by Gasteiger charge is -2.18. The van der Waals surface area contributed by atoms with Crippen LogP contribution in [0.25, 0.3) is 11.0 Å². The number of aromatic amines is 1. The van der Waals surface area contributed by atoms with Gasteiger partial charge in [0.2, 0.25) is 0 Å². The van der Waals surface area contributed by atoms with Crippen molar-refractivity contribution in [3.63, 3.8) is 0 Å². The Kier molecular flexibility index (Phi) is 5.80. The summed E-state index contributed by atoms with van der Waals surface area (Å²) in [7, 11) is 0. The Morgan fingerprint density at radius 2 is 1.67 bits per heavy atom. The number of pyridine rings is 1. The number of rotatable bonds is 7. The molecule has 0 aliphatic heterocycles. The van der Waals surface area contributed by atoms with Crippen molar-refractivity contribution in [2.75, 3.05) is 0 Å². The second-order valence-corrected chi connectivity index (χ2v) is 6.80. The van der Waals surface area contributed by atoms with E-state index in [4.69, 9.17) is 4.74 Å². The summed E-state index contributed by atoms with van der Waals surface area (Å²) in [6, 6.07) is 19.6. The number of hydrogen-bond donors (Lipinski definition) is 2. The number of ether oxygens (including phenoxy) is 1. The average Bonchev–Trinajstić information content (AvgIpc) is 3.26. The molecule has 0 aliphatic rings. The quantitative estimate of drug-likeness (QED) is 0.465. The summed E-state index contributed by atoms with van der Waals surface area (Å²) in [6.07, 6.45) is 3.38. The van der Waals surface area contributed by atoms with E-state index in [9.17, 15) is 9.59 Å². The van der Waals surface area contributed by atoms with Crippen LogP contribution in [-0.4, -0.2) is 32.9 Å². The largest absolute Gasteiger partial charge is 0.459 e. The van der Waals surface area contributed by atoms with Crippen molar-refractivity contribution >= 4 is 22.9 Å². The van der Waals surface area contributed by atoms with Crippen LogP contribution in [0, 0.1) is 0 Å². The molecule has 0 unspecified atom stereocenters. The molecule has 0 spiro atoms. The lowest BCUT2D eigenvalue weighted by Crippen LogP contribution is -2.43. The summed E-state index contributed by atoms with van der Waals surface area (Å²) in [4.78, 5) is 36.8. The molecule has 1 amide bonds. The van der Waals surface area contributed by atoms with E-state index in [2.05, 4.69) is 20.3 Å². The van der Waals surface area contributed by atoms with Gasteiger partial charge in [0.15, 0.2) is 0 Å². The molecule has 7 heteroatoms. The van der Waals surface area contributed by atoms with Crippen LogP contribution in [0.3, 0.4) is 0 Å². The fourth-order valence-electron chi connectivity index (χ4n) is 3.06. The zero-order chi connectivity index (χ0) is 20.8. The highest BCUT2D eigenvalue weighted by Crippen LogP contribution is 2.11. The number of carbonyl (C=O) groups excluding carboxylic acids is 2. The van der Waals surface area contributed by atoms with Crippen molar-refractivity contribution in [1.29, 1.82) is 0 Å². The van der Waals surface area contributed by atoms with Gasteiger partial charge in [0, 0.05) is 6.42 Å². The van der Waals surface area contributed by atoms with Crippen LogP contribution in [-0.2, 0) is 22.6 Å². The Hall–Kier alpha value is -4.00. The third kappa shape index (κ3) is 4.70. The first-order chi connectivity index (χ1) is 14.7. The predicted molar refractivity (Wildman–Crippen MR) is 112 cm³/mol. The van der Waals surface area contributed by atoms with Crippen molar-refractivity contribution in [3.8, 4) is 0 Å². The normalized spacial score (nSPS) is 11.7. The van der Waals surface area contributed by atoms with E-state index in [1.54, 1.807) is 6.07 Å². The van der Waals surface area contributed by atoms with Gasteiger partial charge in [0.05, 0.1) is 23.6 Å². The van der Waals surface area contributed by atoms with Gasteiger partial charge in [-0.3, -0.25) is 4.79 Å². The first-order valence-electron chi connectivity index (χ1n) is 9.53. The molecule has 30 heavy (non-hydrogen) atoms. The number of nitrogens with one attached hydrogen (secondary N) is 2. The van der Waals surface area contributed by atoms with Gasteiger partial charge >= 0.3 is 5.97 Å². The van der Waals surface area contributed by atoms with Crippen molar-refractivity contribution in [2.24, 2.45) is 0 Å². The Bertz CT molecular complexity index is 1140. The van der Waals surface area contributed by atoms with E-state index in [0.717, 1.165) is 16.6 Å². The minimum Gasteiger partial charge on any atom is -0.459 e. The van der Waals surface area contributed by atoms with Crippen molar-refractivity contribution in [1.82, 2.24) is 20.3 Å². The standard InChI is InChI=1S/C23H20N4O3/c28-22(19-12-18-21(13-24-19)26-15-25-18)27-20(11-16-7-3-1-4-8-16)23(29)30-14-17-9-5-2-6-10-17/h1-10,12-13,15,20H,11,14H2,(H,25,26)(H,27,28)/t20-/m0/s1. The van der Waals surface area contributed by atoms with Crippen molar-refractivity contribution in [2.45, 2.75) is 19.1 Å². The van der Waals surface area contributed by atoms with E-state index >= 15 is 0 Å². The van der Waals surface area contributed by atoms with Gasteiger partial charge in [-0.1, -0.05) is 60.7 Å². The van der Waals surface area contributed by atoms with Gasteiger partial charge in [-0.05, 0) is 17.2 Å². The van der Waals surface area contributed by atoms with E-state index in [1.807, 2.05) is 60.7 Å². The first kappa shape index (κ1) is 19.3. The lowest BCUT2D eigenvalue weighted by atomic mass is 10.1. The third-order valence-corrected chi connectivity index (χ3v) is 4.63. The molecule has 0 saturated carbocycles. The topological polar surface area (TPSA) is 97.0 Å². The minimum atomic E-state index is -0.847. The van der Waals surface area contributed by atoms with E-state index in [0.29, 0.717) is 11.9 Å². The second kappa shape index (κ2) is 9.00. The molecule has 4 aromatic rings. The molecule has 4 rings (SSSR count). The van der Waals surface area contributed by atoms with Gasteiger partial charge in [-0.25, -0.2) is 14.8 Å². The molecule has 0 aliphatic carbocycles. The molecule has 2 heterocycles. The fourth-order valence-corrected chi connectivity index (χ4v) is 3.06. The first-order valence-corrected chi connectivity index (χ1v) is 9.53.